The van der Waals surface area contributed by atoms with E-state index in [9.17, 15) is 12.3 Å². The molecule has 0 aromatic heterocycles. The molecule has 0 saturated heterocycles. The zero-order chi connectivity index (χ0) is 8.77. The highest BCUT2D eigenvalue weighted by molar-refractivity contribution is 7.87. The van der Waals surface area contributed by atoms with Crippen LogP contribution in [0.5, 0.6) is 0 Å². The Bertz CT molecular complexity index is 307. The van der Waals surface area contributed by atoms with Crippen LogP contribution in [-0.2, 0) is 10.2 Å². The van der Waals surface area contributed by atoms with Gasteiger partial charge in [0.2, 0.25) is 0 Å². The van der Waals surface area contributed by atoms with Crippen LogP contribution in [0.1, 0.15) is 19.3 Å². The first-order valence-electron chi connectivity index (χ1n) is 4.19. The lowest BCUT2D eigenvalue weighted by molar-refractivity contribution is 0.322. The molecule has 0 radical (unpaired) electrons. The molecule has 0 N–H and O–H groups in total. The lowest BCUT2D eigenvalue weighted by atomic mass is 9.76. The van der Waals surface area contributed by atoms with Gasteiger partial charge in [-0.15, -0.1) is 3.89 Å². The second kappa shape index (κ2) is 2.55. The number of hydrogen-bond donors (Lipinski definition) is 0. The molecular weight excluding hydrogens is 179 g/mol. The normalized spacial score (nSPS) is 40.2. The Kier molecular flexibility index (Phi) is 1.75. The highest BCUT2D eigenvalue weighted by atomic mass is 32.3. The van der Waals surface area contributed by atoms with E-state index in [1.165, 1.54) is 0 Å². The van der Waals surface area contributed by atoms with Crippen LogP contribution < -0.4 is 0 Å². The highest BCUT2D eigenvalue weighted by Crippen LogP contribution is 2.39. The summed E-state index contributed by atoms with van der Waals surface area (Å²) < 4.78 is 34.0. The predicted molar refractivity (Wildman–Crippen MR) is 43.8 cm³/mol. The summed E-state index contributed by atoms with van der Waals surface area (Å²) in [6.45, 7) is 0. The standard InChI is InChI=1S/C8H11FO2S/c9-12(10,11)8-5-6-1-3-7(8)4-2-6/h1,3,6-8H,2,4-5H2/t6-,7+,8-/m1/s1. The second-order valence-corrected chi connectivity index (χ2v) is 5.19. The van der Waals surface area contributed by atoms with E-state index >= 15 is 0 Å². The van der Waals surface area contributed by atoms with Gasteiger partial charge in [0.05, 0.1) is 5.25 Å². The third-order valence-electron chi connectivity index (χ3n) is 2.88. The van der Waals surface area contributed by atoms with Gasteiger partial charge in [-0.25, -0.2) is 0 Å². The van der Waals surface area contributed by atoms with Gasteiger partial charge in [-0.05, 0) is 31.1 Å². The Morgan fingerprint density at radius 2 is 2.00 bits per heavy atom. The van der Waals surface area contributed by atoms with Crippen molar-refractivity contribution < 1.29 is 12.3 Å². The molecule has 3 atom stereocenters. The maximum Gasteiger partial charge on any atom is 0.305 e. The Labute approximate surface area is 71.7 Å². The van der Waals surface area contributed by atoms with Gasteiger partial charge in [0.25, 0.3) is 0 Å². The monoisotopic (exact) mass is 190 g/mol. The van der Waals surface area contributed by atoms with Crippen molar-refractivity contribution in [2.75, 3.05) is 0 Å². The molecule has 1 fully saturated rings. The van der Waals surface area contributed by atoms with Crippen LogP contribution in [0.25, 0.3) is 0 Å². The van der Waals surface area contributed by atoms with Crippen LogP contribution in [0.4, 0.5) is 3.89 Å². The lowest BCUT2D eigenvalue weighted by Gasteiger charge is -2.35. The summed E-state index contributed by atoms with van der Waals surface area (Å²) in [5.74, 6) is 0.232. The highest BCUT2D eigenvalue weighted by Gasteiger charge is 2.39. The van der Waals surface area contributed by atoms with Crippen LogP contribution in [0.15, 0.2) is 12.2 Å². The predicted octanol–water partition coefficient (Wildman–Crippen LogP) is 1.64. The molecule has 2 nitrogen and oxygen atoms in total. The molecule has 4 heteroatoms. The van der Waals surface area contributed by atoms with Crippen molar-refractivity contribution >= 4 is 10.2 Å². The SMILES string of the molecule is O=S(=O)(F)[C@@H]1C[C@@H]2C=C[C@H]1CC2. The van der Waals surface area contributed by atoms with Crippen LogP contribution in [0, 0.1) is 11.8 Å². The van der Waals surface area contributed by atoms with Crippen molar-refractivity contribution in [3.05, 3.63) is 12.2 Å². The zero-order valence-corrected chi connectivity index (χ0v) is 7.43. The van der Waals surface area contributed by atoms with Crippen molar-refractivity contribution in [2.24, 2.45) is 11.8 Å². The van der Waals surface area contributed by atoms with E-state index in [4.69, 9.17) is 0 Å². The minimum Gasteiger partial charge on any atom is -0.195 e. The molecular formula is C8H11FO2S. The van der Waals surface area contributed by atoms with Gasteiger partial charge in [-0.2, -0.15) is 8.42 Å². The van der Waals surface area contributed by atoms with E-state index in [1.807, 2.05) is 12.2 Å². The fourth-order valence-electron chi connectivity index (χ4n) is 2.20. The summed E-state index contributed by atoms with van der Waals surface area (Å²) in [5.41, 5.74) is 0. The minimum atomic E-state index is -4.31. The summed E-state index contributed by atoms with van der Waals surface area (Å²) in [6, 6.07) is 0. The van der Waals surface area contributed by atoms with Gasteiger partial charge < -0.3 is 0 Å². The topological polar surface area (TPSA) is 34.1 Å². The van der Waals surface area contributed by atoms with Crippen LogP contribution in [-0.4, -0.2) is 13.7 Å². The van der Waals surface area contributed by atoms with E-state index in [0.717, 1.165) is 12.8 Å². The van der Waals surface area contributed by atoms with Crippen molar-refractivity contribution in [3.63, 3.8) is 0 Å². The van der Waals surface area contributed by atoms with E-state index < -0.39 is 15.5 Å². The third kappa shape index (κ3) is 1.28. The first-order valence-corrected chi connectivity index (χ1v) is 5.64. The van der Waals surface area contributed by atoms with Gasteiger partial charge in [0.1, 0.15) is 0 Å². The summed E-state index contributed by atoms with van der Waals surface area (Å²) in [4.78, 5) is 0. The molecule has 12 heavy (non-hydrogen) atoms. The Morgan fingerprint density at radius 1 is 1.25 bits per heavy atom. The van der Waals surface area contributed by atoms with Crippen molar-refractivity contribution in [1.29, 1.82) is 0 Å². The lowest BCUT2D eigenvalue weighted by Crippen LogP contribution is -2.35. The van der Waals surface area contributed by atoms with Crippen LogP contribution >= 0.6 is 0 Å². The first-order chi connectivity index (χ1) is 5.57. The summed E-state index contributed by atoms with van der Waals surface area (Å²) in [7, 11) is -4.31. The van der Waals surface area contributed by atoms with Gasteiger partial charge in [0.15, 0.2) is 0 Å². The second-order valence-electron chi connectivity index (χ2n) is 3.64. The number of allylic oxidation sites excluding steroid dienone is 2. The minimum absolute atomic E-state index is 0.0648. The van der Waals surface area contributed by atoms with E-state index in [1.54, 1.807) is 0 Å². The molecule has 1 saturated carbocycles. The molecule has 0 aromatic carbocycles. The van der Waals surface area contributed by atoms with Gasteiger partial charge in [0, 0.05) is 0 Å². The maximum absolute atomic E-state index is 12.7. The summed E-state index contributed by atoms with van der Waals surface area (Å²) >= 11 is 0. The Balaban J connectivity index is 2.28. The summed E-state index contributed by atoms with van der Waals surface area (Å²) in [5, 5.41) is -0.749. The molecule has 3 aliphatic carbocycles. The third-order valence-corrected chi connectivity index (χ3v) is 4.14. The van der Waals surface area contributed by atoms with Gasteiger partial charge >= 0.3 is 10.2 Å². The van der Waals surface area contributed by atoms with Crippen molar-refractivity contribution in [3.8, 4) is 0 Å². The molecule has 0 unspecified atom stereocenters. The fraction of sp³-hybridized carbons (Fsp3) is 0.750. The zero-order valence-electron chi connectivity index (χ0n) is 6.61. The molecule has 0 aliphatic heterocycles. The van der Waals surface area contributed by atoms with Gasteiger partial charge in [-0.1, -0.05) is 12.2 Å². The average molecular weight is 190 g/mol. The molecule has 0 spiro atoms. The molecule has 0 aromatic rings. The number of hydrogen-bond acceptors (Lipinski definition) is 2. The Morgan fingerprint density at radius 3 is 2.25 bits per heavy atom. The molecule has 0 heterocycles. The molecule has 3 rings (SSSR count). The fourth-order valence-corrected chi connectivity index (χ4v) is 3.32. The van der Waals surface area contributed by atoms with Gasteiger partial charge in [-0.3, -0.25) is 0 Å². The van der Waals surface area contributed by atoms with Crippen molar-refractivity contribution in [2.45, 2.75) is 24.5 Å². The largest absolute Gasteiger partial charge is 0.305 e. The number of fused-ring (bicyclic) bond motifs is 2. The first kappa shape index (κ1) is 8.23. The molecule has 68 valence electrons. The Hall–Kier alpha value is -0.380. The quantitative estimate of drug-likeness (QED) is 0.465. The smallest absolute Gasteiger partial charge is 0.195 e. The number of rotatable bonds is 1. The van der Waals surface area contributed by atoms with Crippen molar-refractivity contribution in [1.82, 2.24) is 0 Å². The molecule has 2 bridgehead atoms. The van der Waals surface area contributed by atoms with Crippen LogP contribution in [0.2, 0.25) is 0 Å². The maximum atomic E-state index is 12.7. The van der Waals surface area contributed by atoms with E-state index in [0.29, 0.717) is 12.3 Å². The average Bonchev–Trinajstić information content (AvgIpc) is 2.05. The van der Waals surface area contributed by atoms with E-state index in [2.05, 4.69) is 0 Å². The summed E-state index contributed by atoms with van der Waals surface area (Å²) in [6.07, 6.45) is 6.22. The molecule has 0 amide bonds. The van der Waals surface area contributed by atoms with Crippen LogP contribution in [0.3, 0.4) is 0 Å². The number of halogens is 1. The molecule has 3 aliphatic rings. The van der Waals surface area contributed by atoms with E-state index in [-0.39, 0.29) is 5.92 Å².